The summed E-state index contributed by atoms with van der Waals surface area (Å²) >= 11 is 1.44. The molecule has 1 amide bonds. The number of benzene rings is 2. The van der Waals surface area contributed by atoms with E-state index >= 15 is 0 Å². The second-order valence-corrected chi connectivity index (χ2v) is 8.74. The molecule has 0 atom stereocenters. The number of nitrogens with zero attached hydrogens (tertiary/aromatic N) is 4. The van der Waals surface area contributed by atoms with E-state index in [1.807, 2.05) is 68.9 Å². The average molecular weight is 460 g/mol. The van der Waals surface area contributed by atoms with E-state index in [1.165, 1.54) is 11.3 Å². The van der Waals surface area contributed by atoms with Gasteiger partial charge in [-0.3, -0.25) is 4.79 Å². The third-order valence-corrected chi connectivity index (χ3v) is 5.62. The first-order chi connectivity index (χ1) is 15.9. The highest BCUT2D eigenvalue weighted by atomic mass is 32.1. The van der Waals surface area contributed by atoms with Crippen molar-refractivity contribution in [1.82, 2.24) is 19.9 Å². The van der Waals surface area contributed by atoms with Gasteiger partial charge in [-0.25, -0.2) is 15.0 Å². The number of hydrogen-bond acceptors (Lipinski definition) is 8. The highest BCUT2D eigenvalue weighted by Crippen LogP contribution is 2.29. The minimum Gasteiger partial charge on any atom is -0.384 e. The molecule has 0 unspecified atom stereocenters. The number of hydrogen-bond donors (Lipinski definition) is 3. The summed E-state index contributed by atoms with van der Waals surface area (Å²) in [5.74, 6) is 0.722. The van der Waals surface area contributed by atoms with Crippen LogP contribution in [0.3, 0.4) is 0 Å². The summed E-state index contributed by atoms with van der Waals surface area (Å²) in [7, 11) is 4.03. The van der Waals surface area contributed by atoms with Crippen molar-refractivity contribution in [2.24, 2.45) is 0 Å². The van der Waals surface area contributed by atoms with E-state index in [9.17, 15) is 4.79 Å². The first-order valence-corrected chi connectivity index (χ1v) is 11.2. The lowest BCUT2D eigenvalue weighted by atomic mass is 10.1. The van der Waals surface area contributed by atoms with E-state index < -0.39 is 0 Å². The minimum absolute atomic E-state index is 0.156. The second kappa shape index (κ2) is 9.76. The Bertz CT molecular complexity index is 1270. The third-order valence-electron chi connectivity index (χ3n) is 4.86. The molecule has 0 radical (unpaired) electrons. The van der Waals surface area contributed by atoms with Crippen molar-refractivity contribution in [2.45, 2.75) is 13.5 Å². The van der Waals surface area contributed by atoms with Crippen LogP contribution in [0.15, 0.2) is 60.1 Å². The number of amides is 1. The minimum atomic E-state index is -0.156. The topological polar surface area (TPSA) is 109 Å². The van der Waals surface area contributed by atoms with E-state index in [2.05, 4.69) is 30.5 Å². The van der Waals surface area contributed by atoms with Crippen LogP contribution in [0, 0.1) is 6.92 Å². The number of aryl methyl sites for hydroxylation is 1. The molecule has 0 fully saturated rings. The molecule has 0 bridgehead atoms. The van der Waals surface area contributed by atoms with Crippen molar-refractivity contribution < 1.29 is 4.79 Å². The predicted octanol–water partition coefficient (Wildman–Crippen LogP) is 4.55. The molecule has 2 aromatic heterocycles. The molecule has 33 heavy (non-hydrogen) atoms. The molecule has 0 aliphatic carbocycles. The lowest BCUT2D eigenvalue weighted by Gasteiger charge is -2.12. The monoisotopic (exact) mass is 459 g/mol. The SMILES string of the molecule is Cc1ccc(NC(=O)c2ccc(CN(C)C)cc2)cc1Nc1nc(-c2nccc(N)n2)cs1. The molecule has 8 nitrogen and oxygen atoms in total. The van der Waals surface area contributed by atoms with Crippen molar-refractivity contribution in [3.05, 3.63) is 76.8 Å². The summed E-state index contributed by atoms with van der Waals surface area (Å²) in [6.07, 6.45) is 1.61. The lowest BCUT2D eigenvalue weighted by Crippen LogP contribution is -2.13. The fraction of sp³-hybridized carbons (Fsp3) is 0.167. The maximum Gasteiger partial charge on any atom is 0.255 e. The zero-order valence-electron chi connectivity index (χ0n) is 18.7. The Morgan fingerprint density at radius 3 is 2.61 bits per heavy atom. The largest absolute Gasteiger partial charge is 0.384 e. The van der Waals surface area contributed by atoms with Crippen LogP contribution < -0.4 is 16.4 Å². The van der Waals surface area contributed by atoms with Gasteiger partial charge < -0.3 is 21.3 Å². The molecule has 2 heterocycles. The van der Waals surface area contributed by atoms with Gasteiger partial charge in [0.2, 0.25) is 0 Å². The van der Waals surface area contributed by atoms with E-state index in [0.717, 1.165) is 23.4 Å². The van der Waals surface area contributed by atoms with Gasteiger partial charge in [0, 0.05) is 35.1 Å². The number of aromatic nitrogens is 3. The molecule has 168 valence electrons. The van der Waals surface area contributed by atoms with Gasteiger partial charge >= 0.3 is 0 Å². The zero-order valence-corrected chi connectivity index (χ0v) is 19.5. The summed E-state index contributed by atoms with van der Waals surface area (Å²) in [6.45, 7) is 2.82. The normalized spacial score (nSPS) is 10.9. The van der Waals surface area contributed by atoms with Gasteiger partial charge in [0.1, 0.15) is 11.5 Å². The number of nitrogens with one attached hydrogen (secondary N) is 2. The standard InChI is InChI=1S/C24H25N7OS/c1-15-4-9-18(27-23(32)17-7-5-16(6-8-17)13-31(2)3)12-19(15)28-24-29-20(14-33-24)22-26-11-10-21(25)30-22/h4-12,14H,13H2,1-3H3,(H,27,32)(H,28,29)(H2,25,26,30). The van der Waals surface area contributed by atoms with Crippen LogP contribution in [0.4, 0.5) is 22.3 Å². The number of carbonyl (C=O) groups is 1. The van der Waals surface area contributed by atoms with Crippen molar-refractivity contribution in [2.75, 3.05) is 30.5 Å². The second-order valence-electron chi connectivity index (χ2n) is 7.89. The Morgan fingerprint density at radius 1 is 1.09 bits per heavy atom. The molecule has 0 saturated heterocycles. The Labute approximate surface area is 196 Å². The van der Waals surface area contributed by atoms with Crippen LogP contribution in [-0.2, 0) is 6.54 Å². The fourth-order valence-electron chi connectivity index (χ4n) is 3.21. The predicted molar refractivity (Wildman–Crippen MR) is 134 cm³/mol. The van der Waals surface area contributed by atoms with Crippen LogP contribution in [0.5, 0.6) is 0 Å². The van der Waals surface area contributed by atoms with Gasteiger partial charge in [0.05, 0.1) is 0 Å². The Balaban J connectivity index is 1.46. The number of rotatable bonds is 7. The van der Waals surface area contributed by atoms with Gasteiger partial charge in [-0.1, -0.05) is 18.2 Å². The van der Waals surface area contributed by atoms with Gasteiger partial charge in [-0.2, -0.15) is 0 Å². The van der Waals surface area contributed by atoms with E-state index in [4.69, 9.17) is 5.73 Å². The van der Waals surface area contributed by atoms with Gasteiger partial charge in [-0.05, 0) is 62.5 Å². The molecule has 4 rings (SSSR count). The first kappa shape index (κ1) is 22.4. The van der Waals surface area contributed by atoms with Crippen LogP contribution in [-0.4, -0.2) is 39.9 Å². The van der Waals surface area contributed by atoms with Crippen LogP contribution >= 0.6 is 11.3 Å². The Kier molecular flexibility index (Phi) is 6.62. The van der Waals surface area contributed by atoms with Gasteiger partial charge in [0.15, 0.2) is 11.0 Å². The molecule has 4 aromatic rings. The number of nitrogens with two attached hydrogens (primary N) is 1. The summed E-state index contributed by atoms with van der Waals surface area (Å²) < 4.78 is 0. The Hall–Kier alpha value is -3.82. The molecule has 0 aliphatic rings. The smallest absolute Gasteiger partial charge is 0.255 e. The van der Waals surface area contributed by atoms with Crippen molar-refractivity contribution in [3.63, 3.8) is 0 Å². The molecule has 4 N–H and O–H groups in total. The molecule has 9 heteroatoms. The highest BCUT2D eigenvalue weighted by Gasteiger charge is 2.11. The maximum atomic E-state index is 12.7. The number of nitrogen functional groups attached to an aromatic ring is 1. The third kappa shape index (κ3) is 5.71. The van der Waals surface area contributed by atoms with Gasteiger partial charge in [0.25, 0.3) is 5.91 Å². The van der Waals surface area contributed by atoms with Crippen molar-refractivity contribution >= 4 is 39.6 Å². The van der Waals surface area contributed by atoms with Gasteiger partial charge in [-0.15, -0.1) is 11.3 Å². The van der Waals surface area contributed by atoms with Crippen molar-refractivity contribution in [3.8, 4) is 11.5 Å². The quantitative estimate of drug-likeness (QED) is 0.372. The molecular weight excluding hydrogens is 434 g/mol. The van der Waals surface area contributed by atoms with Crippen LogP contribution in [0.1, 0.15) is 21.5 Å². The number of thiazole rings is 1. The molecular formula is C24H25N7OS. The lowest BCUT2D eigenvalue weighted by molar-refractivity contribution is 0.102. The van der Waals surface area contributed by atoms with E-state index in [-0.39, 0.29) is 5.91 Å². The summed E-state index contributed by atoms with van der Waals surface area (Å²) in [4.78, 5) is 27.8. The summed E-state index contributed by atoms with van der Waals surface area (Å²) in [5.41, 5.74) is 10.7. The summed E-state index contributed by atoms with van der Waals surface area (Å²) in [6, 6.07) is 15.0. The Morgan fingerprint density at radius 2 is 1.88 bits per heavy atom. The fourth-order valence-corrected chi connectivity index (χ4v) is 3.91. The maximum absolute atomic E-state index is 12.7. The van der Waals surface area contributed by atoms with E-state index in [0.29, 0.717) is 33.7 Å². The van der Waals surface area contributed by atoms with Crippen LogP contribution in [0.25, 0.3) is 11.5 Å². The molecule has 0 aliphatic heterocycles. The van der Waals surface area contributed by atoms with Crippen LogP contribution in [0.2, 0.25) is 0 Å². The molecule has 0 saturated carbocycles. The van der Waals surface area contributed by atoms with E-state index in [1.54, 1.807) is 12.3 Å². The first-order valence-electron chi connectivity index (χ1n) is 10.3. The molecule has 2 aromatic carbocycles. The zero-order chi connectivity index (χ0) is 23.4. The number of anilines is 4. The average Bonchev–Trinajstić information content (AvgIpc) is 3.25. The number of carbonyl (C=O) groups excluding carboxylic acids is 1. The molecule has 0 spiro atoms. The van der Waals surface area contributed by atoms with Crippen molar-refractivity contribution in [1.29, 1.82) is 0 Å². The highest BCUT2D eigenvalue weighted by molar-refractivity contribution is 7.14. The summed E-state index contributed by atoms with van der Waals surface area (Å²) in [5, 5.41) is 8.86.